The number of nitriles is 1. The van der Waals surface area contributed by atoms with Crippen LogP contribution in [0, 0.1) is 11.3 Å². The van der Waals surface area contributed by atoms with Crippen molar-refractivity contribution in [2.45, 2.75) is 44.1 Å². The molecule has 2 rings (SSSR count). The Kier molecular flexibility index (Phi) is 3.81. The quantitative estimate of drug-likeness (QED) is 0.813. The first kappa shape index (κ1) is 12.8. The number of hydrogen-bond acceptors (Lipinski definition) is 2. The summed E-state index contributed by atoms with van der Waals surface area (Å²) in [5, 5.41) is 9.41. The largest absolute Gasteiger partial charge is 0.435 e. The summed E-state index contributed by atoms with van der Waals surface area (Å²) in [6.07, 6.45) is 4.94. The highest BCUT2D eigenvalue weighted by Gasteiger charge is 2.33. The minimum atomic E-state index is -2.81. The summed E-state index contributed by atoms with van der Waals surface area (Å²) in [5.41, 5.74) is 0.466. The number of hydrogen-bond donors (Lipinski definition) is 0. The van der Waals surface area contributed by atoms with Gasteiger partial charge in [-0.2, -0.15) is 14.0 Å². The summed E-state index contributed by atoms with van der Waals surface area (Å²) < 4.78 is 28.4. The van der Waals surface area contributed by atoms with Crippen LogP contribution in [-0.2, 0) is 5.41 Å². The lowest BCUT2D eigenvalue weighted by atomic mass is 9.70. The molecule has 0 N–H and O–H groups in total. The van der Waals surface area contributed by atoms with Gasteiger partial charge in [-0.1, -0.05) is 31.4 Å². The van der Waals surface area contributed by atoms with Crippen molar-refractivity contribution in [3.63, 3.8) is 0 Å². The van der Waals surface area contributed by atoms with E-state index >= 15 is 0 Å². The summed E-state index contributed by atoms with van der Waals surface area (Å²) in [5.74, 6) is 0.137. The maximum absolute atomic E-state index is 12.0. The third-order valence-corrected chi connectivity index (χ3v) is 3.55. The van der Waals surface area contributed by atoms with Gasteiger partial charge in [0.25, 0.3) is 0 Å². The minimum Gasteiger partial charge on any atom is -0.435 e. The average molecular weight is 251 g/mol. The number of alkyl halides is 2. The van der Waals surface area contributed by atoms with Gasteiger partial charge in [-0.3, -0.25) is 0 Å². The van der Waals surface area contributed by atoms with Crippen molar-refractivity contribution in [3.8, 4) is 11.8 Å². The Balaban J connectivity index is 2.19. The van der Waals surface area contributed by atoms with Gasteiger partial charge in [-0.25, -0.2) is 0 Å². The highest BCUT2D eigenvalue weighted by Crippen LogP contribution is 2.39. The monoisotopic (exact) mass is 251 g/mol. The molecule has 1 fully saturated rings. The van der Waals surface area contributed by atoms with Gasteiger partial charge >= 0.3 is 6.61 Å². The first-order valence-electron chi connectivity index (χ1n) is 6.13. The van der Waals surface area contributed by atoms with E-state index in [1.165, 1.54) is 12.1 Å². The maximum atomic E-state index is 12.0. The number of benzene rings is 1. The lowest BCUT2D eigenvalue weighted by Gasteiger charge is -2.31. The van der Waals surface area contributed by atoms with Crippen LogP contribution in [0.15, 0.2) is 24.3 Å². The molecule has 0 saturated heterocycles. The molecule has 1 aliphatic rings. The lowest BCUT2D eigenvalue weighted by Crippen LogP contribution is -2.26. The molecule has 0 bridgehead atoms. The van der Waals surface area contributed by atoms with Gasteiger partial charge in [-0.15, -0.1) is 0 Å². The van der Waals surface area contributed by atoms with Gasteiger partial charge in [0.1, 0.15) is 5.75 Å². The van der Waals surface area contributed by atoms with Crippen molar-refractivity contribution in [2.75, 3.05) is 0 Å². The molecule has 4 heteroatoms. The van der Waals surface area contributed by atoms with Crippen LogP contribution in [0.2, 0.25) is 0 Å². The van der Waals surface area contributed by atoms with Crippen LogP contribution >= 0.6 is 0 Å². The second-order valence-electron chi connectivity index (χ2n) is 4.66. The fourth-order valence-electron chi connectivity index (χ4n) is 2.58. The maximum Gasteiger partial charge on any atom is 0.387 e. The standard InChI is InChI=1S/C14H15F2NO/c15-13(16)18-12-6-4-11(5-7-12)14(10-17)8-2-1-3-9-14/h4-7,13H,1-3,8-9H2. The first-order chi connectivity index (χ1) is 8.66. The van der Waals surface area contributed by atoms with Crippen molar-refractivity contribution in [1.82, 2.24) is 0 Å². The van der Waals surface area contributed by atoms with Crippen molar-refractivity contribution in [3.05, 3.63) is 29.8 Å². The molecule has 0 spiro atoms. The molecule has 1 saturated carbocycles. The van der Waals surface area contributed by atoms with Crippen molar-refractivity contribution < 1.29 is 13.5 Å². The van der Waals surface area contributed by atoms with Crippen LogP contribution in [0.3, 0.4) is 0 Å². The highest BCUT2D eigenvalue weighted by atomic mass is 19.3. The van der Waals surface area contributed by atoms with Gasteiger partial charge in [-0.05, 0) is 30.5 Å². The van der Waals surface area contributed by atoms with Crippen LogP contribution in [0.4, 0.5) is 8.78 Å². The summed E-state index contributed by atoms with van der Waals surface area (Å²) in [7, 11) is 0. The molecule has 0 aliphatic heterocycles. The topological polar surface area (TPSA) is 33.0 Å². The van der Waals surface area contributed by atoms with E-state index in [1.54, 1.807) is 12.1 Å². The summed E-state index contributed by atoms with van der Waals surface area (Å²) in [6.45, 7) is -2.81. The van der Waals surface area contributed by atoms with E-state index < -0.39 is 12.0 Å². The molecule has 0 heterocycles. The molecule has 0 radical (unpaired) electrons. The smallest absolute Gasteiger partial charge is 0.387 e. The van der Waals surface area contributed by atoms with Gasteiger partial charge in [0.2, 0.25) is 0 Å². The third kappa shape index (κ3) is 2.61. The number of nitrogens with zero attached hydrogens (tertiary/aromatic N) is 1. The zero-order chi connectivity index (χ0) is 13.0. The molecule has 96 valence electrons. The molecule has 2 nitrogen and oxygen atoms in total. The molecule has 1 aromatic carbocycles. The number of ether oxygens (including phenoxy) is 1. The van der Waals surface area contributed by atoms with Crippen LogP contribution < -0.4 is 4.74 Å². The van der Waals surface area contributed by atoms with Crippen LogP contribution in [0.25, 0.3) is 0 Å². The van der Waals surface area contributed by atoms with E-state index in [-0.39, 0.29) is 5.75 Å². The van der Waals surface area contributed by atoms with E-state index in [0.717, 1.165) is 37.7 Å². The molecular weight excluding hydrogens is 236 g/mol. The highest BCUT2D eigenvalue weighted by molar-refractivity contribution is 5.37. The molecular formula is C14H15F2NO. The Morgan fingerprint density at radius 1 is 1.11 bits per heavy atom. The Labute approximate surface area is 105 Å². The predicted molar refractivity (Wildman–Crippen MR) is 63.5 cm³/mol. The molecule has 1 aliphatic carbocycles. The minimum absolute atomic E-state index is 0.137. The molecule has 0 amide bonds. The Morgan fingerprint density at radius 2 is 1.72 bits per heavy atom. The van der Waals surface area contributed by atoms with Crippen molar-refractivity contribution >= 4 is 0 Å². The van der Waals surface area contributed by atoms with E-state index in [9.17, 15) is 14.0 Å². The number of halogens is 2. The third-order valence-electron chi connectivity index (χ3n) is 3.55. The van der Waals surface area contributed by atoms with Crippen molar-refractivity contribution in [1.29, 1.82) is 5.26 Å². The Morgan fingerprint density at radius 3 is 2.22 bits per heavy atom. The normalized spacial score (nSPS) is 18.3. The molecule has 1 aromatic rings. The lowest BCUT2D eigenvalue weighted by molar-refractivity contribution is -0.0498. The van der Waals surface area contributed by atoms with Crippen LogP contribution in [-0.4, -0.2) is 6.61 Å². The van der Waals surface area contributed by atoms with Crippen molar-refractivity contribution in [2.24, 2.45) is 0 Å². The number of rotatable bonds is 3. The van der Waals surface area contributed by atoms with E-state index in [2.05, 4.69) is 10.8 Å². The van der Waals surface area contributed by atoms with Gasteiger partial charge < -0.3 is 4.74 Å². The van der Waals surface area contributed by atoms with Crippen LogP contribution in [0.1, 0.15) is 37.7 Å². The summed E-state index contributed by atoms with van der Waals surface area (Å²) >= 11 is 0. The molecule has 0 atom stereocenters. The summed E-state index contributed by atoms with van der Waals surface area (Å²) in [4.78, 5) is 0. The predicted octanol–water partition coefficient (Wildman–Crippen LogP) is 4.01. The molecule has 18 heavy (non-hydrogen) atoms. The van der Waals surface area contributed by atoms with E-state index in [0.29, 0.717) is 0 Å². The van der Waals surface area contributed by atoms with Gasteiger partial charge in [0, 0.05) is 0 Å². The molecule has 0 unspecified atom stereocenters. The van der Waals surface area contributed by atoms with E-state index in [1.807, 2.05) is 0 Å². The molecule has 0 aromatic heterocycles. The zero-order valence-corrected chi connectivity index (χ0v) is 10.0. The van der Waals surface area contributed by atoms with E-state index in [4.69, 9.17) is 0 Å². The summed E-state index contributed by atoms with van der Waals surface area (Å²) in [6, 6.07) is 8.88. The van der Waals surface area contributed by atoms with Gasteiger partial charge in [0.05, 0.1) is 11.5 Å². The van der Waals surface area contributed by atoms with Gasteiger partial charge in [0.15, 0.2) is 0 Å². The second kappa shape index (κ2) is 5.34. The fourth-order valence-corrected chi connectivity index (χ4v) is 2.58. The zero-order valence-electron chi connectivity index (χ0n) is 10.0. The first-order valence-corrected chi connectivity index (χ1v) is 6.13. The second-order valence-corrected chi connectivity index (χ2v) is 4.66. The average Bonchev–Trinajstić information content (AvgIpc) is 2.39. The fraction of sp³-hybridized carbons (Fsp3) is 0.500. The SMILES string of the molecule is N#CC1(c2ccc(OC(F)F)cc2)CCCCC1. The Hall–Kier alpha value is -1.63. The Bertz CT molecular complexity index is 430. The van der Waals surface area contributed by atoms with Crippen LogP contribution in [0.5, 0.6) is 5.75 Å².